The van der Waals surface area contributed by atoms with Gasteiger partial charge in [-0.2, -0.15) is 0 Å². The fraction of sp³-hybridized carbons (Fsp3) is 0.867. The van der Waals surface area contributed by atoms with E-state index < -0.39 is 5.54 Å². The molecular formula is C15H28N4O. The molecule has 5 heteroatoms. The van der Waals surface area contributed by atoms with E-state index >= 15 is 0 Å². The van der Waals surface area contributed by atoms with E-state index in [-0.39, 0.29) is 11.9 Å². The Morgan fingerprint density at radius 1 is 1.00 bits per heavy atom. The van der Waals surface area contributed by atoms with E-state index in [1.165, 1.54) is 32.1 Å². The summed E-state index contributed by atoms with van der Waals surface area (Å²) in [5.41, 5.74) is 5.20. The zero-order valence-corrected chi connectivity index (χ0v) is 12.3. The van der Waals surface area contributed by atoms with Crippen LogP contribution in [0.3, 0.4) is 0 Å². The number of nitrogens with two attached hydrogens (primary N) is 1. The summed E-state index contributed by atoms with van der Waals surface area (Å²) in [6, 6.07) is 0.153. The van der Waals surface area contributed by atoms with Crippen LogP contribution in [0.2, 0.25) is 0 Å². The number of urea groups is 1. The third-order valence-electron chi connectivity index (χ3n) is 4.77. The lowest BCUT2D eigenvalue weighted by Gasteiger charge is -2.35. The van der Waals surface area contributed by atoms with Crippen LogP contribution in [0.5, 0.6) is 0 Å². The predicted octanol–water partition coefficient (Wildman–Crippen LogP) is 2.65. The van der Waals surface area contributed by atoms with E-state index in [0.29, 0.717) is 6.04 Å². The van der Waals surface area contributed by atoms with Gasteiger partial charge in [-0.1, -0.05) is 44.9 Å². The smallest absolute Gasteiger partial charge is 0.315 e. The molecule has 0 spiro atoms. The van der Waals surface area contributed by atoms with Gasteiger partial charge in [-0.3, -0.25) is 5.41 Å². The Morgan fingerprint density at radius 2 is 1.55 bits per heavy atom. The van der Waals surface area contributed by atoms with Crippen molar-refractivity contribution in [2.45, 2.75) is 82.2 Å². The molecule has 0 atom stereocenters. The van der Waals surface area contributed by atoms with Gasteiger partial charge in [0, 0.05) is 6.04 Å². The second kappa shape index (κ2) is 6.95. The quantitative estimate of drug-likeness (QED) is 0.473. The van der Waals surface area contributed by atoms with Crippen molar-refractivity contribution in [3.05, 3.63) is 0 Å². The minimum absolute atomic E-state index is 0.112. The first-order valence-electron chi connectivity index (χ1n) is 8.06. The molecule has 0 saturated heterocycles. The molecule has 0 unspecified atom stereocenters. The summed E-state index contributed by atoms with van der Waals surface area (Å²) in [5.74, 6) is 0.112. The van der Waals surface area contributed by atoms with Gasteiger partial charge in [0.05, 0.1) is 5.54 Å². The molecule has 2 rings (SSSR count). The van der Waals surface area contributed by atoms with Crippen molar-refractivity contribution in [3.63, 3.8) is 0 Å². The van der Waals surface area contributed by atoms with Crippen molar-refractivity contribution in [3.8, 4) is 0 Å². The van der Waals surface area contributed by atoms with Crippen LogP contribution >= 0.6 is 0 Å². The highest BCUT2D eigenvalue weighted by atomic mass is 16.2. The van der Waals surface area contributed by atoms with Crippen molar-refractivity contribution < 1.29 is 4.79 Å². The minimum atomic E-state index is -0.622. The minimum Gasteiger partial charge on any atom is -0.386 e. The second-order valence-electron chi connectivity index (χ2n) is 6.34. The monoisotopic (exact) mass is 280 g/mol. The van der Waals surface area contributed by atoms with Crippen LogP contribution in [-0.4, -0.2) is 23.4 Å². The molecule has 2 saturated carbocycles. The van der Waals surface area contributed by atoms with E-state index in [0.717, 1.165) is 38.5 Å². The van der Waals surface area contributed by atoms with Gasteiger partial charge in [-0.15, -0.1) is 0 Å². The van der Waals surface area contributed by atoms with Gasteiger partial charge in [0.1, 0.15) is 5.84 Å². The molecule has 0 aliphatic heterocycles. The van der Waals surface area contributed by atoms with Crippen LogP contribution in [0.25, 0.3) is 0 Å². The molecule has 0 radical (unpaired) electrons. The Bertz CT molecular complexity index is 342. The molecule has 114 valence electrons. The Labute approximate surface area is 121 Å². The third-order valence-corrected chi connectivity index (χ3v) is 4.77. The zero-order chi connectivity index (χ0) is 14.4. The summed E-state index contributed by atoms with van der Waals surface area (Å²) in [7, 11) is 0. The van der Waals surface area contributed by atoms with Gasteiger partial charge in [0.15, 0.2) is 0 Å². The number of amides is 2. The molecule has 2 aliphatic rings. The lowest BCUT2D eigenvalue weighted by molar-refractivity contribution is 0.223. The molecule has 2 fully saturated rings. The lowest BCUT2D eigenvalue weighted by atomic mass is 9.83. The maximum Gasteiger partial charge on any atom is 0.315 e. The molecule has 2 aliphatic carbocycles. The number of amidine groups is 1. The van der Waals surface area contributed by atoms with Crippen LogP contribution in [-0.2, 0) is 0 Å². The summed E-state index contributed by atoms with van der Waals surface area (Å²) < 4.78 is 0. The summed E-state index contributed by atoms with van der Waals surface area (Å²) in [6.07, 6.45) is 11.8. The van der Waals surface area contributed by atoms with Crippen molar-refractivity contribution >= 4 is 11.9 Å². The van der Waals surface area contributed by atoms with E-state index in [4.69, 9.17) is 11.1 Å². The molecular weight excluding hydrogens is 252 g/mol. The first-order valence-corrected chi connectivity index (χ1v) is 8.06. The first kappa shape index (κ1) is 15.1. The maximum atomic E-state index is 12.2. The zero-order valence-electron chi connectivity index (χ0n) is 12.3. The Hall–Kier alpha value is -1.26. The topological polar surface area (TPSA) is 91.0 Å². The van der Waals surface area contributed by atoms with Crippen LogP contribution < -0.4 is 16.4 Å². The van der Waals surface area contributed by atoms with Crippen LogP contribution in [0.15, 0.2) is 0 Å². The van der Waals surface area contributed by atoms with E-state index in [2.05, 4.69) is 10.6 Å². The van der Waals surface area contributed by atoms with Crippen molar-refractivity contribution in [1.82, 2.24) is 10.6 Å². The van der Waals surface area contributed by atoms with E-state index in [1.54, 1.807) is 0 Å². The number of carbonyl (C=O) groups is 1. The average molecular weight is 280 g/mol. The second-order valence-corrected chi connectivity index (χ2v) is 6.34. The van der Waals surface area contributed by atoms with Crippen LogP contribution in [0, 0.1) is 5.41 Å². The van der Waals surface area contributed by atoms with Gasteiger partial charge < -0.3 is 16.4 Å². The van der Waals surface area contributed by atoms with Gasteiger partial charge in [-0.05, 0) is 25.7 Å². The molecule has 0 aromatic carbocycles. The summed E-state index contributed by atoms with van der Waals surface area (Å²) in [5, 5.41) is 14.0. The largest absolute Gasteiger partial charge is 0.386 e. The fourth-order valence-electron chi connectivity index (χ4n) is 3.48. The Balaban J connectivity index is 1.95. The molecule has 5 nitrogen and oxygen atoms in total. The third kappa shape index (κ3) is 3.87. The van der Waals surface area contributed by atoms with E-state index in [1.807, 2.05) is 0 Å². The molecule has 20 heavy (non-hydrogen) atoms. The van der Waals surface area contributed by atoms with Gasteiger partial charge in [-0.25, -0.2) is 4.79 Å². The maximum absolute atomic E-state index is 12.2. The van der Waals surface area contributed by atoms with Crippen molar-refractivity contribution in [2.24, 2.45) is 5.73 Å². The number of nitrogens with one attached hydrogen (secondary N) is 3. The van der Waals surface area contributed by atoms with Gasteiger partial charge in [0.2, 0.25) is 0 Å². The number of hydrogen-bond acceptors (Lipinski definition) is 2. The molecule has 0 bridgehead atoms. The lowest BCUT2D eigenvalue weighted by Crippen LogP contribution is -2.60. The fourth-order valence-corrected chi connectivity index (χ4v) is 3.48. The van der Waals surface area contributed by atoms with Crippen molar-refractivity contribution in [2.75, 3.05) is 0 Å². The molecule has 2 amide bonds. The number of rotatable bonds is 3. The Kier molecular flexibility index (Phi) is 5.26. The number of carbonyl (C=O) groups excluding carboxylic acids is 1. The summed E-state index contributed by atoms with van der Waals surface area (Å²) >= 11 is 0. The molecule has 0 aromatic heterocycles. The highest BCUT2D eigenvalue weighted by Gasteiger charge is 2.35. The van der Waals surface area contributed by atoms with Gasteiger partial charge >= 0.3 is 6.03 Å². The first-order chi connectivity index (χ1) is 9.62. The van der Waals surface area contributed by atoms with Crippen LogP contribution in [0.4, 0.5) is 4.79 Å². The predicted molar refractivity (Wildman–Crippen MR) is 80.9 cm³/mol. The van der Waals surface area contributed by atoms with Crippen molar-refractivity contribution in [1.29, 1.82) is 5.41 Å². The Morgan fingerprint density at radius 3 is 2.10 bits per heavy atom. The van der Waals surface area contributed by atoms with Gasteiger partial charge in [0.25, 0.3) is 0 Å². The molecule has 5 N–H and O–H groups in total. The summed E-state index contributed by atoms with van der Waals surface area (Å²) in [4.78, 5) is 12.2. The average Bonchev–Trinajstić information content (AvgIpc) is 2.85. The van der Waals surface area contributed by atoms with E-state index in [9.17, 15) is 4.79 Å². The standard InChI is InChI=1S/C15H28N4O/c16-13(17)15(10-6-2-1-3-7-11-15)19-14(20)18-12-8-4-5-9-12/h12H,1-11H2,(H3,16,17)(H2,18,19,20). The highest BCUT2D eigenvalue weighted by molar-refractivity contribution is 5.91. The SMILES string of the molecule is N=C(N)C1(NC(=O)NC2CCCC2)CCCCCCC1. The highest BCUT2D eigenvalue weighted by Crippen LogP contribution is 2.26. The summed E-state index contributed by atoms with van der Waals surface area (Å²) in [6.45, 7) is 0. The molecule has 0 aromatic rings. The molecule has 0 heterocycles. The van der Waals surface area contributed by atoms with Crippen LogP contribution in [0.1, 0.15) is 70.6 Å². The normalized spacial score (nSPS) is 23.6. The number of hydrogen-bond donors (Lipinski definition) is 4.